The predicted molar refractivity (Wildman–Crippen MR) is 102 cm³/mol. The van der Waals surface area contributed by atoms with Gasteiger partial charge in [0.1, 0.15) is 0 Å². The second-order valence-electron chi connectivity index (χ2n) is 5.91. The Kier molecular flexibility index (Phi) is 5.45. The van der Waals surface area contributed by atoms with Crippen molar-refractivity contribution in [3.05, 3.63) is 52.0 Å². The lowest BCUT2D eigenvalue weighted by Gasteiger charge is -2.35. The molecule has 9 heteroatoms. The Morgan fingerprint density at radius 2 is 1.89 bits per heavy atom. The third-order valence-electron chi connectivity index (χ3n) is 4.49. The van der Waals surface area contributed by atoms with Gasteiger partial charge in [-0.05, 0) is 30.2 Å². The Morgan fingerprint density at radius 1 is 1.22 bits per heavy atom. The fourth-order valence-corrected chi connectivity index (χ4v) is 5.50. The number of carbonyl (C=O) groups is 1. The fraction of sp³-hybridized carbons (Fsp3) is 0.278. The van der Waals surface area contributed by atoms with Crippen molar-refractivity contribution in [3.8, 4) is 11.5 Å². The van der Waals surface area contributed by atoms with Gasteiger partial charge in [0, 0.05) is 16.6 Å². The molecule has 2 aromatic carbocycles. The molecule has 0 aliphatic carbocycles. The quantitative estimate of drug-likeness (QED) is 0.744. The maximum Gasteiger partial charge on any atom is 0.326 e. The summed E-state index contributed by atoms with van der Waals surface area (Å²) in [5, 5.41) is 9.92. The summed E-state index contributed by atoms with van der Waals surface area (Å²) in [6, 6.07) is 8.05. The van der Waals surface area contributed by atoms with Gasteiger partial charge in [-0.3, -0.25) is 4.79 Å². The monoisotopic (exact) mass is 455 g/mol. The normalized spacial score (nSPS) is 17.2. The summed E-state index contributed by atoms with van der Waals surface area (Å²) in [6.07, 6.45) is 0.339. The van der Waals surface area contributed by atoms with Crippen LogP contribution in [0.5, 0.6) is 11.5 Å². The zero-order valence-electron chi connectivity index (χ0n) is 14.7. The number of nitrogens with zero attached hydrogens (tertiary/aromatic N) is 1. The molecule has 1 aliphatic rings. The van der Waals surface area contributed by atoms with Crippen LogP contribution in [0, 0.1) is 0 Å². The van der Waals surface area contributed by atoms with Crippen LogP contribution >= 0.6 is 15.9 Å². The average molecular weight is 456 g/mol. The van der Waals surface area contributed by atoms with E-state index in [-0.39, 0.29) is 22.8 Å². The van der Waals surface area contributed by atoms with Crippen molar-refractivity contribution in [1.29, 1.82) is 0 Å². The number of hydrogen-bond donors (Lipinski definition) is 1. The van der Waals surface area contributed by atoms with Crippen LogP contribution < -0.4 is 9.47 Å². The van der Waals surface area contributed by atoms with Crippen molar-refractivity contribution in [2.75, 3.05) is 20.8 Å². The summed E-state index contributed by atoms with van der Waals surface area (Å²) < 4.78 is 38.6. The number of fused-ring (bicyclic) bond motifs is 1. The van der Waals surface area contributed by atoms with E-state index in [4.69, 9.17) is 9.47 Å². The maximum absolute atomic E-state index is 13.1. The van der Waals surface area contributed by atoms with Gasteiger partial charge < -0.3 is 14.6 Å². The molecule has 144 valence electrons. The highest BCUT2D eigenvalue weighted by Crippen LogP contribution is 2.46. The minimum atomic E-state index is -4.02. The fourth-order valence-electron chi connectivity index (χ4n) is 3.30. The SMILES string of the molecule is COc1cc(Br)c2c(c1OC)C(C(=O)O)N(S(=O)(=O)c1ccccc1)CC2. The number of aliphatic carboxylic acids is 1. The molecule has 0 bridgehead atoms. The van der Waals surface area contributed by atoms with Crippen LogP contribution in [0.4, 0.5) is 0 Å². The summed E-state index contributed by atoms with van der Waals surface area (Å²) in [5.41, 5.74) is 0.974. The van der Waals surface area contributed by atoms with Crippen molar-refractivity contribution >= 4 is 31.9 Å². The molecule has 1 N–H and O–H groups in total. The lowest BCUT2D eigenvalue weighted by Crippen LogP contribution is -2.43. The first kappa shape index (κ1) is 19.7. The van der Waals surface area contributed by atoms with Crippen LogP contribution in [0.25, 0.3) is 0 Å². The van der Waals surface area contributed by atoms with Gasteiger partial charge in [0.25, 0.3) is 0 Å². The second kappa shape index (κ2) is 7.49. The molecule has 3 rings (SSSR count). The Bertz CT molecular complexity index is 977. The lowest BCUT2D eigenvalue weighted by atomic mass is 9.92. The van der Waals surface area contributed by atoms with Gasteiger partial charge >= 0.3 is 5.97 Å². The molecule has 7 nitrogen and oxygen atoms in total. The van der Waals surface area contributed by atoms with Crippen LogP contribution in [0.2, 0.25) is 0 Å². The zero-order chi connectivity index (χ0) is 19.8. The highest BCUT2D eigenvalue weighted by atomic mass is 79.9. The van der Waals surface area contributed by atoms with Gasteiger partial charge in [0.05, 0.1) is 19.1 Å². The summed E-state index contributed by atoms with van der Waals surface area (Å²) in [5.74, 6) is -0.738. The first-order valence-electron chi connectivity index (χ1n) is 8.05. The van der Waals surface area contributed by atoms with Gasteiger partial charge in [-0.2, -0.15) is 4.31 Å². The third kappa shape index (κ3) is 3.30. The highest BCUT2D eigenvalue weighted by molar-refractivity contribution is 9.10. The number of methoxy groups -OCH3 is 2. The molecule has 0 spiro atoms. The van der Waals surface area contributed by atoms with E-state index in [1.54, 1.807) is 24.3 Å². The molecule has 1 aliphatic heterocycles. The van der Waals surface area contributed by atoms with Crippen molar-refractivity contribution < 1.29 is 27.8 Å². The van der Waals surface area contributed by atoms with Crippen molar-refractivity contribution in [3.63, 3.8) is 0 Å². The van der Waals surface area contributed by atoms with Crippen LogP contribution in [-0.4, -0.2) is 44.6 Å². The minimum Gasteiger partial charge on any atom is -0.493 e. The number of rotatable bonds is 5. The largest absolute Gasteiger partial charge is 0.493 e. The Balaban J connectivity index is 2.24. The number of ether oxygens (including phenoxy) is 2. The van der Waals surface area contributed by atoms with Gasteiger partial charge in [-0.1, -0.05) is 34.1 Å². The first-order chi connectivity index (χ1) is 12.8. The molecule has 0 amide bonds. The number of halogens is 1. The van der Waals surface area contributed by atoms with Crippen molar-refractivity contribution in [2.24, 2.45) is 0 Å². The highest BCUT2D eigenvalue weighted by Gasteiger charge is 2.44. The predicted octanol–water partition coefficient (Wildman–Crippen LogP) is 2.84. The van der Waals surface area contributed by atoms with E-state index in [0.29, 0.717) is 22.2 Å². The summed E-state index contributed by atoms with van der Waals surface area (Å²) in [7, 11) is -1.18. The van der Waals surface area contributed by atoms with Gasteiger partial charge in [-0.25, -0.2) is 8.42 Å². The number of carboxylic acids is 1. The topological polar surface area (TPSA) is 93.1 Å². The molecule has 27 heavy (non-hydrogen) atoms. The number of carboxylic acid groups (broad SMARTS) is 1. The Labute approximate surface area is 165 Å². The lowest BCUT2D eigenvalue weighted by molar-refractivity contribution is -0.142. The van der Waals surface area contributed by atoms with Crippen molar-refractivity contribution in [1.82, 2.24) is 4.31 Å². The summed E-state index contributed by atoms with van der Waals surface area (Å²) >= 11 is 3.43. The number of sulfonamides is 1. The van der Waals surface area contributed by atoms with Gasteiger partial charge in [0.2, 0.25) is 10.0 Å². The van der Waals surface area contributed by atoms with E-state index in [1.165, 1.54) is 26.4 Å². The molecule has 0 radical (unpaired) electrons. The molecule has 0 aromatic heterocycles. The average Bonchev–Trinajstić information content (AvgIpc) is 2.67. The van der Waals surface area contributed by atoms with Crippen molar-refractivity contribution in [2.45, 2.75) is 17.4 Å². The Hall–Kier alpha value is -2.10. The maximum atomic E-state index is 13.1. The van der Waals surface area contributed by atoms with E-state index in [0.717, 1.165) is 4.31 Å². The standard InChI is InChI=1S/C18H18BrNO6S/c1-25-14-10-13(19)12-8-9-20(16(18(21)22)15(12)17(14)26-2)27(23,24)11-6-4-3-5-7-11/h3-7,10,16H,8-9H2,1-2H3,(H,21,22). The van der Waals surface area contributed by atoms with Crippen LogP contribution in [-0.2, 0) is 21.2 Å². The van der Waals surface area contributed by atoms with E-state index in [2.05, 4.69) is 15.9 Å². The number of benzene rings is 2. The Morgan fingerprint density at radius 3 is 2.44 bits per heavy atom. The van der Waals surface area contributed by atoms with E-state index in [9.17, 15) is 18.3 Å². The summed E-state index contributed by atoms with van der Waals surface area (Å²) in [6.45, 7) is 0.0370. The van der Waals surface area contributed by atoms with Crippen LogP contribution in [0.3, 0.4) is 0 Å². The van der Waals surface area contributed by atoms with E-state index in [1.807, 2.05) is 0 Å². The molecular weight excluding hydrogens is 438 g/mol. The zero-order valence-corrected chi connectivity index (χ0v) is 17.1. The second-order valence-corrected chi connectivity index (χ2v) is 8.65. The van der Waals surface area contributed by atoms with Gasteiger partial charge in [0.15, 0.2) is 17.5 Å². The molecule has 1 unspecified atom stereocenters. The number of hydrogen-bond acceptors (Lipinski definition) is 5. The van der Waals surface area contributed by atoms with E-state index >= 15 is 0 Å². The molecule has 0 saturated carbocycles. The van der Waals surface area contributed by atoms with Crippen LogP contribution in [0.1, 0.15) is 17.2 Å². The molecule has 2 aromatic rings. The molecule has 1 atom stereocenters. The molecule has 0 saturated heterocycles. The van der Waals surface area contributed by atoms with Gasteiger partial charge in [-0.15, -0.1) is 0 Å². The van der Waals surface area contributed by atoms with E-state index < -0.39 is 22.0 Å². The smallest absolute Gasteiger partial charge is 0.326 e. The summed E-state index contributed by atoms with van der Waals surface area (Å²) in [4.78, 5) is 12.2. The first-order valence-corrected chi connectivity index (χ1v) is 10.3. The molecule has 0 fully saturated rings. The third-order valence-corrected chi connectivity index (χ3v) is 7.08. The molecular formula is C18H18BrNO6S. The van der Waals surface area contributed by atoms with Crippen LogP contribution in [0.15, 0.2) is 45.8 Å². The minimum absolute atomic E-state index is 0.0370. The molecule has 1 heterocycles.